The van der Waals surface area contributed by atoms with Gasteiger partial charge in [-0.25, -0.2) is 4.21 Å². The minimum absolute atomic E-state index is 0.0114. The molecular formula is C11H14N2O4S. The minimum atomic E-state index is -2.01. The smallest absolute Gasteiger partial charge is 0.269 e. The van der Waals surface area contributed by atoms with Crippen LogP contribution in [0.4, 0.5) is 5.69 Å². The molecule has 0 saturated carbocycles. The topological polar surface area (TPSA) is 83.7 Å². The van der Waals surface area contributed by atoms with Gasteiger partial charge < -0.3 is 4.55 Å². The zero-order valence-corrected chi connectivity index (χ0v) is 10.5. The molecule has 18 heavy (non-hydrogen) atoms. The maximum atomic E-state index is 11.4. The molecule has 1 saturated heterocycles. The van der Waals surface area contributed by atoms with Crippen molar-refractivity contribution in [3.05, 3.63) is 39.9 Å². The van der Waals surface area contributed by atoms with Gasteiger partial charge >= 0.3 is 0 Å². The van der Waals surface area contributed by atoms with Crippen molar-refractivity contribution < 1.29 is 13.7 Å². The quantitative estimate of drug-likeness (QED) is 0.513. The largest absolute Gasteiger partial charge is 0.305 e. The van der Waals surface area contributed by atoms with Gasteiger partial charge in [-0.15, -0.1) is 0 Å². The summed E-state index contributed by atoms with van der Waals surface area (Å²) in [5.41, 5.74) is 0.631. The van der Waals surface area contributed by atoms with Gasteiger partial charge in [0, 0.05) is 12.1 Å². The van der Waals surface area contributed by atoms with Crippen molar-refractivity contribution in [3.63, 3.8) is 0 Å². The van der Waals surface area contributed by atoms with Gasteiger partial charge in [-0.1, -0.05) is 0 Å². The van der Waals surface area contributed by atoms with Crippen LogP contribution in [0.1, 0.15) is 23.8 Å². The number of benzene rings is 1. The first-order chi connectivity index (χ1) is 8.59. The molecule has 1 fully saturated rings. The van der Waals surface area contributed by atoms with E-state index in [4.69, 9.17) is 0 Å². The van der Waals surface area contributed by atoms with Crippen molar-refractivity contribution in [2.45, 2.75) is 18.2 Å². The molecule has 1 N–H and O–H groups in total. The molecule has 98 valence electrons. The van der Waals surface area contributed by atoms with Crippen molar-refractivity contribution in [2.24, 2.45) is 0 Å². The van der Waals surface area contributed by atoms with Crippen LogP contribution in [0.3, 0.4) is 0 Å². The number of nitrogens with zero attached hydrogens (tertiary/aromatic N) is 2. The first kappa shape index (κ1) is 13.1. The summed E-state index contributed by atoms with van der Waals surface area (Å²) in [7, 11) is 0. The highest BCUT2D eigenvalue weighted by Gasteiger charge is 2.28. The Balaban J connectivity index is 2.25. The van der Waals surface area contributed by atoms with Gasteiger partial charge in [0.2, 0.25) is 0 Å². The molecule has 1 aromatic carbocycles. The van der Waals surface area contributed by atoms with Crippen LogP contribution in [0.5, 0.6) is 0 Å². The Morgan fingerprint density at radius 1 is 1.28 bits per heavy atom. The summed E-state index contributed by atoms with van der Waals surface area (Å²) in [6.07, 6.45) is 2.03. The SMILES string of the molecule is O=[N+]([O-])c1ccc(C(N2CCCC2)S(=O)O)cc1. The van der Waals surface area contributed by atoms with E-state index in [0.29, 0.717) is 5.56 Å². The molecule has 2 unspecified atom stereocenters. The molecule has 2 atom stereocenters. The van der Waals surface area contributed by atoms with Gasteiger partial charge in [0.25, 0.3) is 5.69 Å². The van der Waals surface area contributed by atoms with E-state index < -0.39 is 21.4 Å². The third-order valence-corrected chi connectivity index (χ3v) is 4.00. The first-order valence-electron chi connectivity index (χ1n) is 5.67. The van der Waals surface area contributed by atoms with Gasteiger partial charge in [0.05, 0.1) is 4.92 Å². The minimum Gasteiger partial charge on any atom is -0.305 e. The average Bonchev–Trinajstić information content (AvgIpc) is 2.83. The molecule has 2 rings (SSSR count). The number of likely N-dealkylation sites (tertiary alicyclic amines) is 1. The number of rotatable bonds is 4. The van der Waals surface area contributed by atoms with Gasteiger partial charge in [-0.05, 0) is 43.6 Å². The molecule has 0 bridgehead atoms. The van der Waals surface area contributed by atoms with Crippen LogP contribution in [0, 0.1) is 10.1 Å². The number of hydrogen-bond donors (Lipinski definition) is 1. The zero-order chi connectivity index (χ0) is 13.1. The molecule has 0 aromatic heterocycles. The van der Waals surface area contributed by atoms with Crippen LogP contribution in [0.15, 0.2) is 24.3 Å². The molecule has 1 heterocycles. The standard InChI is InChI=1S/C11H14N2O4S/c14-13(15)10-5-3-9(4-6-10)11(18(16)17)12-7-1-2-8-12/h3-6,11H,1-2,7-8H2,(H,16,17). The average molecular weight is 270 g/mol. The predicted octanol–water partition coefficient (Wildman–Crippen LogP) is 1.91. The number of nitro groups is 1. The highest BCUT2D eigenvalue weighted by Crippen LogP contribution is 2.28. The Morgan fingerprint density at radius 3 is 2.28 bits per heavy atom. The van der Waals surface area contributed by atoms with Crippen LogP contribution in [0.25, 0.3) is 0 Å². The van der Waals surface area contributed by atoms with Gasteiger partial charge in [0.1, 0.15) is 5.37 Å². The van der Waals surface area contributed by atoms with E-state index >= 15 is 0 Å². The first-order valence-corrected chi connectivity index (χ1v) is 6.84. The summed E-state index contributed by atoms with van der Waals surface area (Å²) >= 11 is -2.01. The van der Waals surface area contributed by atoms with Crippen LogP contribution in [-0.2, 0) is 11.1 Å². The van der Waals surface area contributed by atoms with E-state index in [9.17, 15) is 18.9 Å². The van der Waals surface area contributed by atoms with E-state index in [2.05, 4.69) is 0 Å². The van der Waals surface area contributed by atoms with Crippen LogP contribution < -0.4 is 0 Å². The normalized spacial score (nSPS) is 19.6. The lowest BCUT2D eigenvalue weighted by molar-refractivity contribution is -0.384. The molecule has 0 spiro atoms. The van der Waals surface area contributed by atoms with E-state index in [0.717, 1.165) is 25.9 Å². The third kappa shape index (κ3) is 2.74. The Labute approximate surface area is 107 Å². The maximum absolute atomic E-state index is 11.4. The fourth-order valence-corrected chi connectivity index (χ4v) is 3.05. The molecule has 6 nitrogen and oxygen atoms in total. The molecule has 7 heteroatoms. The van der Waals surface area contributed by atoms with E-state index in [-0.39, 0.29) is 5.69 Å². The molecule has 0 amide bonds. The van der Waals surface area contributed by atoms with Crippen LogP contribution >= 0.6 is 0 Å². The second-order valence-electron chi connectivity index (χ2n) is 4.22. The van der Waals surface area contributed by atoms with Gasteiger partial charge in [-0.3, -0.25) is 15.0 Å². The maximum Gasteiger partial charge on any atom is 0.269 e. The zero-order valence-electron chi connectivity index (χ0n) is 9.69. The highest BCUT2D eigenvalue weighted by atomic mass is 32.2. The lowest BCUT2D eigenvalue weighted by atomic mass is 10.2. The Hall–Kier alpha value is -1.31. The van der Waals surface area contributed by atoms with E-state index in [1.165, 1.54) is 12.1 Å². The number of hydrogen-bond acceptors (Lipinski definition) is 4. The van der Waals surface area contributed by atoms with Gasteiger partial charge in [-0.2, -0.15) is 0 Å². The van der Waals surface area contributed by atoms with Crippen molar-refractivity contribution in [1.82, 2.24) is 4.90 Å². The summed E-state index contributed by atoms with van der Waals surface area (Å²) in [5, 5.41) is 9.97. The third-order valence-electron chi connectivity index (χ3n) is 3.05. The van der Waals surface area contributed by atoms with Crippen molar-refractivity contribution >= 4 is 16.8 Å². The molecule has 0 aliphatic carbocycles. The lowest BCUT2D eigenvalue weighted by Gasteiger charge is -2.24. The van der Waals surface area contributed by atoms with Crippen molar-refractivity contribution in [1.29, 1.82) is 0 Å². The highest BCUT2D eigenvalue weighted by molar-refractivity contribution is 7.79. The number of non-ortho nitro benzene ring substituents is 1. The van der Waals surface area contributed by atoms with Crippen LogP contribution in [0.2, 0.25) is 0 Å². The summed E-state index contributed by atoms with van der Waals surface area (Å²) < 4.78 is 20.8. The summed E-state index contributed by atoms with van der Waals surface area (Å²) in [5.74, 6) is 0. The molecule has 0 radical (unpaired) electrons. The van der Waals surface area contributed by atoms with Crippen molar-refractivity contribution in [2.75, 3.05) is 13.1 Å². The number of nitro benzene ring substituents is 1. The second-order valence-corrected chi connectivity index (χ2v) is 5.22. The summed E-state index contributed by atoms with van der Waals surface area (Å²) in [6.45, 7) is 1.57. The molecule has 1 aromatic rings. The lowest BCUT2D eigenvalue weighted by Crippen LogP contribution is -2.28. The molecule has 1 aliphatic heterocycles. The Bertz CT molecular complexity index is 457. The fraction of sp³-hybridized carbons (Fsp3) is 0.455. The molecular weight excluding hydrogens is 256 g/mol. The Morgan fingerprint density at radius 2 is 1.83 bits per heavy atom. The predicted molar refractivity (Wildman–Crippen MR) is 67.4 cm³/mol. The van der Waals surface area contributed by atoms with Crippen LogP contribution in [-0.4, -0.2) is 31.7 Å². The summed E-state index contributed by atoms with van der Waals surface area (Å²) in [4.78, 5) is 12.0. The van der Waals surface area contributed by atoms with E-state index in [1.807, 2.05) is 4.90 Å². The Kier molecular flexibility index (Phi) is 4.05. The monoisotopic (exact) mass is 270 g/mol. The van der Waals surface area contributed by atoms with Crippen molar-refractivity contribution in [3.8, 4) is 0 Å². The molecule has 1 aliphatic rings. The van der Waals surface area contributed by atoms with Gasteiger partial charge in [0.15, 0.2) is 11.1 Å². The second kappa shape index (κ2) is 5.55. The van der Waals surface area contributed by atoms with E-state index in [1.54, 1.807) is 12.1 Å². The fourth-order valence-electron chi connectivity index (χ4n) is 2.19. The summed E-state index contributed by atoms with van der Waals surface area (Å²) in [6, 6.07) is 5.83.